The van der Waals surface area contributed by atoms with Gasteiger partial charge in [0.2, 0.25) is 0 Å². The zero-order valence-corrected chi connectivity index (χ0v) is 12.6. The third-order valence-corrected chi connectivity index (χ3v) is 3.51. The number of aromatic nitrogens is 2. The average Bonchev–Trinajstić information content (AvgIpc) is 2.93. The van der Waals surface area contributed by atoms with Crippen molar-refractivity contribution in [2.24, 2.45) is 17.3 Å². The van der Waals surface area contributed by atoms with E-state index < -0.39 is 0 Å². The van der Waals surface area contributed by atoms with Gasteiger partial charge in [0.1, 0.15) is 12.5 Å². The lowest BCUT2D eigenvalue weighted by molar-refractivity contribution is -0.510. The molecule has 23 heavy (non-hydrogen) atoms. The summed E-state index contributed by atoms with van der Waals surface area (Å²) in [7, 11) is 2.05. The normalized spacial score (nSPS) is 11.6. The Balaban J connectivity index is 1.81. The number of nitrogens with zero attached hydrogens (tertiary/aromatic N) is 4. The molecule has 0 radical (unpaired) electrons. The Morgan fingerprint density at radius 3 is 2.70 bits per heavy atom. The third kappa shape index (κ3) is 3.19. The maximum atomic E-state index is 8.25. The first-order chi connectivity index (χ1) is 11.3. The van der Waals surface area contributed by atoms with Gasteiger partial charge in [0.05, 0.1) is 19.5 Å². The summed E-state index contributed by atoms with van der Waals surface area (Å²) >= 11 is 0. The fourth-order valence-corrected chi connectivity index (χ4v) is 2.39. The largest absolute Gasteiger partial charge is 0.286 e. The van der Waals surface area contributed by atoms with Crippen LogP contribution >= 0.6 is 0 Å². The number of hydrogen-bond acceptors (Lipinski definition) is 4. The van der Waals surface area contributed by atoms with Gasteiger partial charge in [0.25, 0.3) is 5.65 Å². The Morgan fingerprint density at radius 2 is 1.96 bits per heavy atom. The van der Waals surface area contributed by atoms with Gasteiger partial charge in [-0.2, -0.15) is 10.7 Å². The fraction of sp³-hybridized carbons (Fsp3) is 0.0625. The molecule has 3 rings (SSSR count). The van der Waals surface area contributed by atoms with Gasteiger partial charge in [-0.05, 0) is 23.8 Å². The van der Waals surface area contributed by atoms with E-state index in [0.717, 1.165) is 22.5 Å². The molecule has 0 saturated heterocycles. The zero-order chi connectivity index (χ0) is 16.1. The molecule has 0 bridgehead atoms. The average molecular weight is 309 g/mol. The van der Waals surface area contributed by atoms with E-state index in [4.69, 9.17) is 5.21 Å². The molecule has 3 N–H and O–H groups in total. The van der Waals surface area contributed by atoms with E-state index in [-0.39, 0.29) is 0 Å². The summed E-state index contributed by atoms with van der Waals surface area (Å²) in [5.74, 6) is 0. The second-order valence-electron chi connectivity index (χ2n) is 4.91. The van der Waals surface area contributed by atoms with E-state index in [0.29, 0.717) is 0 Å². The van der Waals surface area contributed by atoms with Crippen LogP contribution in [0.25, 0.3) is 16.9 Å². The van der Waals surface area contributed by atoms with E-state index in [9.17, 15) is 0 Å². The van der Waals surface area contributed by atoms with Gasteiger partial charge in [0, 0.05) is 11.6 Å². The van der Waals surface area contributed by atoms with Crippen LogP contribution in [0.2, 0.25) is 0 Å². The second-order valence-corrected chi connectivity index (χ2v) is 4.91. The van der Waals surface area contributed by atoms with Crippen molar-refractivity contribution in [3.8, 4) is 11.3 Å². The van der Waals surface area contributed by atoms with Crippen LogP contribution in [0.3, 0.4) is 0 Å². The van der Waals surface area contributed by atoms with E-state index in [1.165, 1.54) is 6.34 Å². The van der Waals surface area contributed by atoms with Crippen LogP contribution in [-0.2, 0) is 7.05 Å². The molecule has 2 heterocycles. The number of aryl methyl sites for hydroxylation is 1. The van der Waals surface area contributed by atoms with Crippen LogP contribution in [0.15, 0.2) is 65.1 Å². The predicted molar refractivity (Wildman–Crippen MR) is 88.2 cm³/mol. The molecule has 0 amide bonds. The Bertz CT molecular complexity index is 851. The summed E-state index contributed by atoms with van der Waals surface area (Å²) in [6.45, 7) is 0. The zero-order valence-electron chi connectivity index (χ0n) is 12.6. The molecule has 0 spiro atoms. The van der Waals surface area contributed by atoms with Crippen LogP contribution in [0.1, 0.15) is 5.56 Å². The molecule has 0 saturated carbocycles. The Morgan fingerprint density at radius 1 is 1.13 bits per heavy atom. The molecule has 2 aromatic heterocycles. The van der Waals surface area contributed by atoms with Crippen LogP contribution in [0.4, 0.5) is 0 Å². The summed E-state index contributed by atoms with van der Waals surface area (Å²) in [6.07, 6.45) is 7.05. The van der Waals surface area contributed by atoms with Crippen molar-refractivity contribution >= 4 is 18.2 Å². The number of imidazole rings is 1. The highest BCUT2D eigenvalue weighted by atomic mass is 16.5. The van der Waals surface area contributed by atoms with Crippen molar-refractivity contribution in [1.82, 2.24) is 15.6 Å². The molecule has 3 aromatic rings. The highest BCUT2D eigenvalue weighted by Gasteiger charge is 2.14. The lowest BCUT2D eigenvalue weighted by Gasteiger charge is -1.98. The number of rotatable bonds is 5. The van der Waals surface area contributed by atoms with Crippen molar-refractivity contribution in [3.63, 3.8) is 0 Å². The van der Waals surface area contributed by atoms with Gasteiger partial charge in [-0.15, -0.1) is 5.10 Å². The second kappa shape index (κ2) is 6.71. The molecular formula is C16H17N6O+. The third-order valence-electron chi connectivity index (χ3n) is 3.51. The Kier molecular flexibility index (Phi) is 4.30. The molecular weight excluding hydrogens is 292 g/mol. The summed E-state index contributed by atoms with van der Waals surface area (Å²) in [5, 5.41) is 15.5. The minimum atomic E-state index is 0.957. The number of benzene rings is 1. The Labute approximate surface area is 133 Å². The van der Waals surface area contributed by atoms with Gasteiger partial charge >= 0.3 is 0 Å². The molecule has 0 aliphatic carbocycles. The van der Waals surface area contributed by atoms with Gasteiger partial charge in [0.15, 0.2) is 5.69 Å². The standard InChI is InChI=1S/C16H17N6O/c1-21-15(11-22-9-3-2-4-16(21)22)14-7-5-13(6-8-14)10-17-18-12-19-20-23/h2-12,20,23H,1H3,(H,18,19)/q+1. The van der Waals surface area contributed by atoms with E-state index in [2.05, 4.69) is 56.0 Å². The highest BCUT2D eigenvalue weighted by molar-refractivity contribution is 5.81. The smallest absolute Gasteiger partial charge is 0.274 e. The topological polar surface area (TPSA) is 78.0 Å². The first kappa shape index (κ1) is 14.7. The minimum absolute atomic E-state index is 0.957. The molecule has 0 fully saturated rings. The number of hydrogen-bond donors (Lipinski definition) is 3. The number of pyridine rings is 1. The van der Waals surface area contributed by atoms with Crippen LogP contribution < -0.4 is 15.4 Å². The number of hydrazone groups is 2. The fourth-order valence-electron chi connectivity index (χ4n) is 2.39. The van der Waals surface area contributed by atoms with E-state index in [1.54, 1.807) is 11.8 Å². The molecule has 0 aliphatic rings. The maximum Gasteiger partial charge on any atom is 0.286 e. The van der Waals surface area contributed by atoms with Gasteiger partial charge in [-0.3, -0.25) is 10.6 Å². The monoisotopic (exact) mass is 309 g/mol. The molecule has 0 unspecified atom stereocenters. The molecule has 7 heteroatoms. The lowest BCUT2D eigenvalue weighted by atomic mass is 10.1. The van der Waals surface area contributed by atoms with Crippen molar-refractivity contribution in [3.05, 3.63) is 60.4 Å². The molecule has 0 atom stereocenters. The summed E-state index contributed by atoms with van der Waals surface area (Å²) in [5.41, 5.74) is 8.55. The number of fused-ring (bicyclic) bond motifs is 1. The quantitative estimate of drug-likeness (QED) is 0.287. The summed E-state index contributed by atoms with van der Waals surface area (Å²) in [6, 6.07) is 14.2. The number of nitrogens with one attached hydrogen (secondary N) is 2. The van der Waals surface area contributed by atoms with E-state index >= 15 is 0 Å². The lowest BCUT2D eigenvalue weighted by Crippen LogP contribution is -2.17. The predicted octanol–water partition coefficient (Wildman–Crippen LogP) is 1.28. The maximum absolute atomic E-state index is 8.25. The van der Waals surface area contributed by atoms with Crippen molar-refractivity contribution in [1.29, 1.82) is 0 Å². The Hall–Kier alpha value is -3.19. The highest BCUT2D eigenvalue weighted by Crippen LogP contribution is 2.19. The van der Waals surface area contributed by atoms with Gasteiger partial charge in [-0.25, -0.2) is 8.97 Å². The van der Waals surface area contributed by atoms with Gasteiger partial charge in [-0.1, -0.05) is 18.2 Å². The van der Waals surface area contributed by atoms with Crippen molar-refractivity contribution in [2.75, 3.05) is 0 Å². The summed E-state index contributed by atoms with van der Waals surface area (Å²) in [4.78, 5) is 0. The van der Waals surface area contributed by atoms with Crippen molar-refractivity contribution < 1.29 is 9.61 Å². The first-order valence-electron chi connectivity index (χ1n) is 7.05. The van der Waals surface area contributed by atoms with Gasteiger partial charge < -0.3 is 0 Å². The molecule has 1 aromatic carbocycles. The van der Waals surface area contributed by atoms with E-state index in [1.807, 2.05) is 30.5 Å². The molecule has 0 aliphatic heterocycles. The van der Waals surface area contributed by atoms with Crippen LogP contribution in [0.5, 0.6) is 0 Å². The minimum Gasteiger partial charge on any atom is -0.274 e. The van der Waals surface area contributed by atoms with Crippen molar-refractivity contribution in [2.45, 2.75) is 0 Å². The molecule has 7 nitrogen and oxygen atoms in total. The molecule has 116 valence electrons. The SMILES string of the molecule is Cn1c(-c2ccc(C=NNC=NNO)cc2)c[n+]2ccccc12. The van der Waals surface area contributed by atoms with Crippen LogP contribution in [0, 0.1) is 0 Å². The van der Waals surface area contributed by atoms with Crippen LogP contribution in [-0.4, -0.2) is 22.3 Å². The first-order valence-corrected chi connectivity index (χ1v) is 7.05. The summed E-state index contributed by atoms with van der Waals surface area (Å²) < 4.78 is 4.26.